The first-order valence-electron chi connectivity index (χ1n) is 7.09. The van der Waals surface area contributed by atoms with E-state index in [1.54, 1.807) is 4.90 Å². The lowest BCUT2D eigenvalue weighted by atomic mass is 9.99. The zero-order valence-electron chi connectivity index (χ0n) is 12.5. The summed E-state index contributed by atoms with van der Waals surface area (Å²) in [7, 11) is 0. The number of nitrogens with one attached hydrogen (secondary N) is 2. The molecule has 110 valence electrons. The molecule has 0 aromatic carbocycles. The maximum Gasteiger partial charge on any atom is 0.275 e. The zero-order chi connectivity index (χ0) is 14.9. The molecule has 6 heteroatoms. The zero-order valence-corrected chi connectivity index (χ0v) is 12.5. The van der Waals surface area contributed by atoms with Gasteiger partial charge in [0.2, 0.25) is 5.91 Å². The number of aromatic amines is 1. The molecule has 1 aromatic rings. The van der Waals surface area contributed by atoms with Crippen LogP contribution in [0.3, 0.4) is 0 Å². The van der Waals surface area contributed by atoms with E-state index in [0.717, 1.165) is 17.7 Å². The van der Waals surface area contributed by atoms with Gasteiger partial charge in [0, 0.05) is 24.3 Å². The Bertz CT molecular complexity index is 521. The lowest BCUT2D eigenvalue weighted by molar-refractivity contribution is -0.129. The van der Waals surface area contributed by atoms with Crippen LogP contribution in [-0.4, -0.2) is 46.0 Å². The fourth-order valence-electron chi connectivity index (χ4n) is 2.70. The van der Waals surface area contributed by atoms with Gasteiger partial charge < -0.3 is 10.2 Å². The Morgan fingerprint density at radius 1 is 1.50 bits per heavy atom. The smallest absolute Gasteiger partial charge is 0.275 e. The minimum atomic E-state index is -0.419. The molecule has 1 aliphatic heterocycles. The van der Waals surface area contributed by atoms with Gasteiger partial charge in [0.05, 0.1) is 0 Å². The Labute approximate surface area is 118 Å². The minimum Gasteiger partial charge on any atom is -0.353 e. The Hall–Kier alpha value is -1.85. The van der Waals surface area contributed by atoms with Crippen LogP contribution in [0.15, 0.2) is 0 Å². The maximum atomic E-state index is 12.7. The Balaban J connectivity index is 2.30. The summed E-state index contributed by atoms with van der Waals surface area (Å²) in [6, 6.07) is -0.419. The first-order chi connectivity index (χ1) is 9.47. The van der Waals surface area contributed by atoms with E-state index in [1.165, 1.54) is 0 Å². The molecule has 1 aliphatic rings. The number of piperazine rings is 1. The van der Waals surface area contributed by atoms with Gasteiger partial charge in [-0.1, -0.05) is 20.8 Å². The number of carbonyl (C=O) groups is 2. The highest BCUT2D eigenvalue weighted by molar-refractivity contribution is 5.98. The first-order valence-corrected chi connectivity index (χ1v) is 7.09. The van der Waals surface area contributed by atoms with Crippen molar-refractivity contribution in [2.45, 2.75) is 40.2 Å². The molecule has 20 heavy (non-hydrogen) atoms. The molecular weight excluding hydrogens is 256 g/mol. The number of nitrogens with zero attached hydrogens (tertiary/aromatic N) is 2. The quantitative estimate of drug-likeness (QED) is 0.861. The van der Waals surface area contributed by atoms with Gasteiger partial charge >= 0.3 is 0 Å². The van der Waals surface area contributed by atoms with Crippen LogP contribution in [0.2, 0.25) is 0 Å². The van der Waals surface area contributed by atoms with Crippen LogP contribution < -0.4 is 5.32 Å². The molecule has 0 aliphatic carbocycles. The molecule has 1 aromatic heterocycles. The molecule has 0 unspecified atom stereocenters. The van der Waals surface area contributed by atoms with E-state index >= 15 is 0 Å². The van der Waals surface area contributed by atoms with E-state index in [9.17, 15) is 9.59 Å². The molecular formula is C14H22N4O2. The highest BCUT2D eigenvalue weighted by Gasteiger charge is 2.36. The third-order valence-electron chi connectivity index (χ3n) is 3.82. The molecule has 1 fully saturated rings. The molecule has 0 bridgehead atoms. The number of carbonyl (C=O) groups excluding carboxylic acids is 2. The van der Waals surface area contributed by atoms with E-state index in [2.05, 4.69) is 15.5 Å². The summed E-state index contributed by atoms with van der Waals surface area (Å²) >= 11 is 0. The Morgan fingerprint density at radius 2 is 2.20 bits per heavy atom. The van der Waals surface area contributed by atoms with Gasteiger partial charge in [-0.15, -0.1) is 0 Å². The standard InChI is InChI=1S/C14H22N4O2/c1-5-10-9(4)11(17-16-10)14(20)18-7-6-15-13(19)12(18)8(2)3/h8,12H,5-7H2,1-4H3,(H,15,19)(H,16,17)/t12-/m1/s1. The first kappa shape index (κ1) is 14.6. The van der Waals surface area contributed by atoms with Crippen LogP contribution in [0.4, 0.5) is 0 Å². The lowest BCUT2D eigenvalue weighted by Crippen LogP contribution is -2.59. The molecule has 0 saturated carbocycles. The molecule has 2 N–H and O–H groups in total. The molecule has 1 saturated heterocycles. The summed E-state index contributed by atoms with van der Waals surface area (Å²) in [5, 5.41) is 9.85. The fraction of sp³-hybridized carbons (Fsp3) is 0.643. The van der Waals surface area contributed by atoms with Crippen molar-refractivity contribution in [3.05, 3.63) is 17.0 Å². The molecule has 2 amide bonds. The van der Waals surface area contributed by atoms with Crippen molar-refractivity contribution in [3.8, 4) is 0 Å². The largest absolute Gasteiger partial charge is 0.353 e. The molecule has 0 spiro atoms. The monoisotopic (exact) mass is 278 g/mol. The maximum absolute atomic E-state index is 12.7. The summed E-state index contributed by atoms with van der Waals surface area (Å²) in [6.07, 6.45) is 0.806. The van der Waals surface area contributed by atoms with Crippen LogP contribution >= 0.6 is 0 Å². The second kappa shape index (κ2) is 5.64. The predicted octanol–water partition coefficient (Wildman–Crippen LogP) is 0.877. The number of aryl methyl sites for hydroxylation is 1. The Kier molecular flexibility index (Phi) is 4.11. The van der Waals surface area contributed by atoms with Crippen molar-refractivity contribution in [1.29, 1.82) is 0 Å². The summed E-state index contributed by atoms with van der Waals surface area (Å²) in [5.41, 5.74) is 2.28. The average molecular weight is 278 g/mol. The normalized spacial score (nSPS) is 19.4. The van der Waals surface area contributed by atoms with Crippen LogP contribution in [0.25, 0.3) is 0 Å². The highest BCUT2D eigenvalue weighted by Crippen LogP contribution is 2.19. The van der Waals surface area contributed by atoms with Gasteiger partial charge in [0.1, 0.15) is 6.04 Å². The van der Waals surface area contributed by atoms with Crippen molar-refractivity contribution in [3.63, 3.8) is 0 Å². The van der Waals surface area contributed by atoms with E-state index in [-0.39, 0.29) is 17.7 Å². The molecule has 2 rings (SSSR count). The summed E-state index contributed by atoms with van der Waals surface area (Å²) in [5.74, 6) is -0.167. The van der Waals surface area contributed by atoms with Crippen LogP contribution in [0.1, 0.15) is 42.5 Å². The fourth-order valence-corrected chi connectivity index (χ4v) is 2.70. The van der Waals surface area contributed by atoms with Crippen molar-refractivity contribution >= 4 is 11.8 Å². The van der Waals surface area contributed by atoms with E-state index in [1.807, 2.05) is 27.7 Å². The van der Waals surface area contributed by atoms with E-state index < -0.39 is 6.04 Å². The average Bonchev–Trinajstić information content (AvgIpc) is 2.78. The van der Waals surface area contributed by atoms with E-state index in [4.69, 9.17) is 0 Å². The minimum absolute atomic E-state index is 0.0733. The van der Waals surface area contributed by atoms with Gasteiger partial charge in [0.25, 0.3) is 5.91 Å². The number of amides is 2. The molecule has 6 nitrogen and oxygen atoms in total. The third kappa shape index (κ3) is 2.42. The number of hydrogen-bond acceptors (Lipinski definition) is 3. The van der Waals surface area contributed by atoms with Gasteiger partial charge in [-0.05, 0) is 19.3 Å². The molecule has 0 radical (unpaired) electrons. The second-order valence-electron chi connectivity index (χ2n) is 5.51. The van der Waals surface area contributed by atoms with Gasteiger partial charge in [-0.3, -0.25) is 14.7 Å². The Morgan fingerprint density at radius 3 is 2.75 bits per heavy atom. The number of hydrogen-bond donors (Lipinski definition) is 2. The van der Waals surface area contributed by atoms with Crippen LogP contribution in [0, 0.1) is 12.8 Å². The van der Waals surface area contributed by atoms with Crippen molar-refractivity contribution in [2.24, 2.45) is 5.92 Å². The summed E-state index contributed by atoms with van der Waals surface area (Å²) < 4.78 is 0. The van der Waals surface area contributed by atoms with Crippen molar-refractivity contribution < 1.29 is 9.59 Å². The van der Waals surface area contributed by atoms with Gasteiger partial charge in [0.15, 0.2) is 5.69 Å². The summed E-state index contributed by atoms with van der Waals surface area (Å²) in [4.78, 5) is 26.3. The van der Waals surface area contributed by atoms with Gasteiger partial charge in [-0.25, -0.2) is 0 Å². The lowest BCUT2D eigenvalue weighted by Gasteiger charge is -2.37. The predicted molar refractivity (Wildman–Crippen MR) is 75.4 cm³/mol. The number of aromatic nitrogens is 2. The topological polar surface area (TPSA) is 78.1 Å². The van der Waals surface area contributed by atoms with Crippen molar-refractivity contribution in [1.82, 2.24) is 20.4 Å². The molecule has 1 atom stereocenters. The van der Waals surface area contributed by atoms with Crippen LogP contribution in [0.5, 0.6) is 0 Å². The third-order valence-corrected chi connectivity index (χ3v) is 3.82. The second-order valence-corrected chi connectivity index (χ2v) is 5.51. The van der Waals surface area contributed by atoms with Crippen LogP contribution in [-0.2, 0) is 11.2 Å². The van der Waals surface area contributed by atoms with Gasteiger partial charge in [-0.2, -0.15) is 5.10 Å². The highest BCUT2D eigenvalue weighted by atomic mass is 16.2. The SMILES string of the molecule is CCc1[nH]nc(C(=O)N2CCNC(=O)[C@H]2C(C)C)c1C. The van der Waals surface area contributed by atoms with Crippen molar-refractivity contribution in [2.75, 3.05) is 13.1 Å². The number of H-pyrrole nitrogens is 1. The van der Waals surface area contributed by atoms with E-state index in [0.29, 0.717) is 18.8 Å². The molecule has 2 heterocycles. The number of rotatable bonds is 3. The summed E-state index contributed by atoms with van der Waals surface area (Å²) in [6.45, 7) is 8.83.